The second-order valence-electron chi connectivity index (χ2n) is 3.33. The van der Waals surface area contributed by atoms with Gasteiger partial charge in [0, 0.05) is 0 Å². The second kappa shape index (κ2) is 4.92. The van der Waals surface area contributed by atoms with E-state index in [1.807, 2.05) is 0 Å². The van der Waals surface area contributed by atoms with E-state index in [2.05, 4.69) is 4.74 Å². The van der Waals surface area contributed by atoms with Crippen LogP contribution in [0.3, 0.4) is 0 Å². The first kappa shape index (κ1) is 15.6. The summed E-state index contributed by atoms with van der Waals surface area (Å²) in [6.45, 7) is 0. The fourth-order valence-corrected chi connectivity index (χ4v) is 1.64. The SMILES string of the molecule is COC(=O)c1c(Cl)ccc(C(F)(F)F)c1C(F)(F)F. The third-order valence-corrected chi connectivity index (χ3v) is 2.45. The number of rotatable bonds is 1. The number of alkyl halides is 6. The van der Waals surface area contributed by atoms with Crippen molar-refractivity contribution in [1.82, 2.24) is 0 Å². The molecule has 0 bridgehead atoms. The van der Waals surface area contributed by atoms with E-state index in [1.54, 1.807) is 0 Å². The van der Waals surface area contributed by atoms with Crippen LogP contribution in [0.25, 0.3) is 0 Å². The molecule has 0 aliphatic carbocycles. The van der Waals surface area contributed by atoms with Gasteiger partial charge in [0.2, 0.25) is 0 Å². The maximum absolute atomic E-state index is 12.7. The van der Waals surface area contributed by atoms with Crippen LogP contribution in [0.2, 0.25) is 5.02 Å². The number of esters is 1. The first-order valence-electron chi connectivity index (χ1n) is 4.55. The van der Waals surface area contributed by atoms with Crippen molar-refractivity contribution < 1.29 is 35.9 Å². The highest BCUT2D eigenvalue weighted by Crippen LogP contribution is 2.44. The summed E-state index contributed by atoms with van der Waals surface area (Å²) in [4.78, 5) is 11.2. The molecule has 0 radical (unpaired) electrons. The van der Waals surface area contributed by atoms with Crippen LogP contribution in [-0.4, -0.2) is 13.1 Å². The molecule has 0 fully saturated rings. The maximum Gasteiger partial charge on any atom is 0.417 e. The van der Waals surface area contributed by atoms with Crippen LogP contribution in [0.15, 0.2) is 12.1 Å². The monoisotopic (exact) mass is 306 g/mol. The van der Waals surface area contributed by atoms with E-state index >= 15 is 0 Å². The van der Waals surface area contributed by atoms with Crippen molar-refractivity contribution in [3.05, 3.63) is 33.8 Å². The van der Waals surface area contributed by atoms with Crippen LogP contribution in [0.4, 0.5) is 26.3 Å². The Morgan fingerprint density at radius 3 is 2.00 bits per heavy atom. The molecule has 1 aromatic carbocycles. The van der Waals surface area contributed by atoms with Crippen molar-refractivity contribution in [1.29, 1.82) is 0 Å². The number of halogens is 7. The summed E-state index contributed by atoms with van der Waals surface area (Å²) in [5.74, 6) is -1.59. The van der Waals surface area contributed by atoms with Gasteiger partial charge in [0.25, 0.3) is 0 Å². The van der Waals surface area contributed by atoms with Gasteiger partial charge in [-0.15, -0.1) is 0 Å². The zero-order valence-corrected chi connectivity index (χ0v) is 9.87. The Kier molecular flexibility index (Phi) is 4.04. The maximum atomic E-state index is 12.7. The van der Waals surface area contributed by atoms with Gasteiger partial charge in [0.1, 0.15) is 0 Å². The highest BCUT2D eigenvalue weighted by molar-refractivity contribution is 6.33. The Balaban J connectivity index is 3.76. The Bertz CT molecular complexity index is 506. The van der Waals surface area contributed by atoms with Gasteiger partial charge in [-0.1, -0.05) is 11.6 Å². The molecule has 106 valence electrons. The molecular weight excluding hydrogens is 302 g/mol. The van der Waals surface area contributed by atoms with Gasteiger partial charge in [-0.2, -0.15) is 26.3 Å². The molecule has 0 unspecified atom stereocenters. The average Bonchev–Trinajstić information content (AvgIpc) is 2.24. The number of benzene rings is 1. The molecule has 0 saturated carbocycles. The van der Waals surface area contributed by atoms with Crippen molar-refractivity contribution >= 4 is 17.6 Å². The largest absolute Gasteiger partial charge is 0.465 e. The summed E-state index contributed by atoms with van der Waals surface area (Å²) in [5, 5.41) is -0.771. The molecule has 0 spiro atoms. The van der Waals surface area contributed by atoms with E-state index in [-0.39, 0.29) is 6.07 Å². The van der Waals surface area contributed by atoms with Gasteiger partial charge < -0.3 is 4.74 Å². The summed E-state index contributed by atoms with van der Waals surface area (Å²) in [6.07, 6.45) is -10.7. The Morgan fingerprint density at radius 1 is 1.11 bits per heavy atom. The summed E-state index contributed by atoms with van der Waals surface area (Å²) < 4.78 is 80.0. The second-order valence-corrected chi connectivity index (χ2v) is 3.74. The molecule has 2 nitrogen and oxygen atoms in total. The minimum absolute atomic E-state index is 0.164. The number of methoxy groups -OCH3 is 1. The van der Waals surface area contributed by atoms with Crippen molar-refractivity contribution in [2.75, 3.05) is 7.11 Å². The van der Waals surface area contributed by atoms with Gasteiger partial charge in [-0.05, 0) is 12.1 Å². The van der Waals surface area contributed by atoms with E-state index < -0.39 is 40.0 Å². The molecule has 0 amide bonds. The third kappa shape index (κ3) is 3.12. The molecule has 0 saturated heterocycles. The quantitative estimate of drug-likeness (QED) is 0.575. The fourth-order valence-electron chi connectivity index (χ4n) is 1.41. The Morgan fingerprint density at radius 2 is 1.63 bits per heavy atom. The van der Waals surface area contributed by atoms with Gasteiger partial charge in [-0.25, -0.2) is 4.79 Å². The highest BCUT2D eigenvalue weighted by Gasteiger charge is 2.46. The standard InChI is InChI=1S/C10H5ClF6O2/c1-19-8(18)6-5(11)3-2-4(9(12,13)14)7(6)10(15,16)17/h2-3H,1H3. The predicted octanol–water partition coefficient (Wildman–Crippen LogP) is 4.16. The molecule has 19 heavy (non-hydrogen) atoms. The van der Waals surface area contributed by atoms with Gasteiger partial charge in [0.05, 0.1) is 28.8 Å². The molecule has 0 aliphatic rings. The van der Waals surface area contributed by atoms with Crippen LogP contribution in [-0.2, 0) is 17.1 Å². The molecule has 0 heterocycles. The van der Waals surface area contributed by atoms with E-state index in [9.17, 15) is 31.1 Å². The van der Waals surface area contributed by atoms with Crippen LogP contribution in [0, 0.1) is 0 Å². The van der Waals surface area contributed by atoms with E-state index in [1.165, 1.54) is 0 Å². The van der Waals surface area contributed by atoms with Crippen LogP contribution >= 0.6 is 11.6 Å². The third-order valence-electron chi connectivity index (χ3n) is 2.13. The van der Waals surface area contributed by atoms with E-state index in [0.29, 0.717) is 6.07 Å². The topological polar surface area (TPSA) is 26.3 Å². The van der Waals surface area contributed by atoms with E-state index in [0.717, 1.165) is 7.11 Å². The number of ether oxygens (including phenoxy) is 1. The lowest BCUT2D eigenvalue weighted by atomic mass is 9.99. The number of hydrogen-bond acceptors (Lipinski definition) is 2. The van der Waals surface area contributed by atoms with Gasteiger partial charge in [-0.3, -0.25) is 0 Å². The average molecular weight is 307 g/mol. The van der Waals surface area contributed by atoms with Crippen molar-refractivity contribution in [3.63, 3.8) is 0 Å². The Labute approximate surface area is 107 Å². The molecule has 1 rings (SSSR count). The lowest BCUT2D eigenvalue weighted by Crippen LogP contribution is -2.22. The predicted molar refractivity (Wildman–Crippen MR) is 52.8 cm³/mol. The number of hydrogen-bond donors (Lipinski definition) is 0. The minimum Gasteiger partial charge on any atom is -0.465 e. The molecule has 0 atom stereocenters. The zero-order valence-electron chi connectivity index (χ0n) is 9.12. The normalized spacial score (nSPS) is 12.4. The lowest BCUT2D eigenvalue weighted by Gasteiger charge is -2.18. The summed E-state index contributed by atoms with van der Waals surface area (Å²) >= 11 is 5.36. The van der Waals surface area contributed by atoms with Crippen molar-refractivity contribution in [2.45, 2.75) is 12.4 Å². The molecule has 9 heteroatoms. The summed E-state index contributed by atoms with van der Waals surface area (Å²) in [6, 6.07) is 0.726. The summed E-state index contributed by atoms with van der Waals surface area (Å²) in [7, 11) is 0.735. The smallest absolute Gasteiger partial charge is 0.417 e. The zero-order chi connectivity index (χ0) is 15.0. The van der Waals surface area contributed by atoms with Crippen LogP contribution in [0.5, 0.6) is 0 Å². The molecular formula is C10H5ClF6O2. The van der Waals surface area contributed by atoms with Crippen LogP contribution in [0.1, 0.15) is 21.5 Å². The van der Waals surface area contributed by atoms with Crippen molar-refractivity contribution in [2.24, 2.45) is 0 Å². The molecule has 0 aromatic heterocycles. The minimum atomic E-state index is -5.40. The number of carbonyl (C=O) groups is 1. The van der Waals surface area contributed by atoms with Gasteiger partial charge >= 0.3 is 18.3 Å². The molecule has 0 aliphatic heterocycles. The first-order chi connectivity index (χ1) is 8.50. The molecule has 0 N–H and O–H groups in total. The summed E-state index contributed by atoms with van der Waals surface area (Å²) in [5.41, 5.74) is -5.50. The van der Waals surface area contributed by atoms with Crippen molar-refractivity contribution in [3.8, 4) is 0 Å². The Hall–Kier alpha value is -1.44. The van der Waals surface area contributed by atoms with Crippen LogP contribution < -0.4 is 0 Å². The van der Waals surface area contributed by atoms with E-state index in [4.69, 9.17) is 11.6 Å². The first-order valence-corrected chi connectivity index (χ1v) is 4.93. The number of carbonyl (C=O) groups excluding carboxylic acids is 1. The fraction of sp³-hybridized carbons (Fsp3) is 0.300. The lowest BCUT2D eigenvalue weighted by molar-refractivity contribution is -0.162. The van der Waals surface area contributed by atoms with Gasteiger partial charge in [0.15, 0.2) is 0 Å². The molecule has 1 aromatic rings. The highest BCUT2D eigenvalue weighted by atomic mass is 35.5.